The van der Waals surface area contributed by atoms with Crippen LogP contribution < -0.4 is 9.46 Å². The fourth-order valence-corrected chi connectivity index (χ4v) is 4.21. The van der Waals surface area contributed by atoms with Crippen molar-refractivity contribution in [3.8, 4) is 11.5 Å². The lowest BCUT2D eigenvalue weighted by Crippen LogP contribution is -2.17. The van der Waals surface area contributed by atoms with Crippen molar-refractivity contribution in [2.24, 2.45) is 0 Å². The Kier molecular flexibility index (Phi) is 3.41. The summed E-state index contributed by atoms with van der Waals surface area (Å²) < 4.78 is 58.3. The summed E-state index contributed by atoms with van der Waals surface area (Å²) in [6.45, 7) is 3.44. The highest BCUT2D eigenvalue weighted by Gasteiger charge is 2.33. The molecule has 1 N–H and O–H groups in total. The molecule has 1 heterocycles. The Morgan fingerprint density at radius 2 is 1.77 bits per heavy atom. The molecule has 0 bridgehead atoms. The van der Waals surface area contributed by atoms with E-state index in [0.717, 1.165) is 18.2 Å². The Labute approximate surface area is 126 Å². The van der Waals surface area contributed by atoms with E-state index < -0.39 is 21.7 Å². The molecule has 3 rings (SSSR count). The number of halogens is 2. The number of nitrogens with one attached hydrogen (secondary N) is 1. The highest BCUT2D eigenvalue weighted by atomic mass is 32.2. The number of rotatable bonds is 2. The minimum atomic E-state index is -3.51. The second-order valence-electron chi connectivity index (χ2n) is 5.15. The molecule has 0 saturated carbocycles. The van der Waals surface area contributed by atoms with E-state index in [1.54, 1.807) is 13.8 Å². The molecule has 1 unspecified atom stereocenters. The number of hydrogen-bond donors (Lipinski definition) is 1. The first-order chi connectivity index (χ1) is 10.3. The third kappa shape index (κ3) is 2.46. The van der Waals surface area contributed by atoms with Crippen LogP contribution in [0.5, 0.6) is 11.5 Å². The molecule has 7 heteroatoms. The minimum absolute atomic E-state index is 0.0158. The van der Waals surface area contributed by atoms with Crippen molar-refractivity contribution in [1.29, 1.82) is 0 Å². The van der Waals surface area contributed by atoms with E-state index in [-0.39, 0.29) is 16.7 Å². The summed E-state index contributed by atoms with van der Waals surface area (Å²) in [5.74, 6) is -1.12. The number of hydrogen-bond acceptors (Lipinski definition) is 3. The Balaban J connectivity index is 2.05. The van der Waals surface area contributed by atoms with Crippen molar-refractivity contribution in [3.63, 3.8) is 0 Å². The third-order valence-electron chi connectivity index (χ3n) is 3.54. The van der Waals surface area contributed by atoms with Crippen LogP contribution in [0.1, 0.15) is 24.1 Å². The van der Waals surface area contributed by atoms with Gasteiger partial charge in [0.15, 0.2) is 0 Å². The van der Waals surface area contributed by atoms with Gasteiger partial charge < -0.3 is 4.74 Å². The Bertz CT molecular complexity index is 845. The van der Waals surface area contributed by atoms with Crippen molar-refractivity contribution < 1.29 is 21.9 Å². The molecule has 2 aromatic carbocycles. The van der Waals surface area contributed by atoms with Crippen LogP contribution in [0, 0.1) is 18.6 Å². The first kappa shape index (κ1) is 14.9. The molecule has 4 nitrogen and oxygen atoms in total. The lowest BCUT2D eigenvalue weighted by Gasteiger charge is -2.13. The Morgan fingerprint density at radius 1 is 1.14 bits per heavy atom. The van der Waals surface area contributed by atoms with Gasteiger partial charge in [-0.05, 0) is 37.1 Å². The molecule has 0 aromatic heterocycles. The van der Waals surface area contributed by atoms with E-state index in [9.17, 15) is 17.2 Å². The molecule has 1 aliphatic rings. The molecule has 0 amide bonds. The van der Waals surface area contributed by atoms with E-state index >= 15 is 0 Å². The number of fused-ring (bicyclic) bond motifs is 1. The molecule has 1 atom stereocenters. The molecule has 22 heavy (non-hydrogen) atoms. The van der Waals surface area contributed by atoms with Crippen molar-refractivity contribution in [2.45, 2.75) is 24.8 Å². The summed E-state index contributed by atoms with van der Waals surface area (Å²) in [4.78, 5) is 0.204. The standard InChI is InChI=1S/C15H13F2NO3S/c1-8-13(21-12-6-10(16)5-11(17)7-12)3-4-14-15(8)9(2)18-22(14,19)20/h3-7,9,18H,1-2H3. The van der Waals surface area contributed by atoms with Gasteiger partial charge in [0.05, 0.1) is 4.90 Å². The summed E-state index contributed by atoms with van der Waals surface area (Å²) in [5, 5.41) is 0. The average Bonchev–Trinajstić information content (AvgIpc) is 2.62. The first-order valence-corrected chi connectivity index (χ1v) is 8.06. The van der Waals surface area contributed by atoms with E-state index in [2.05, 4.69) is 4.72 Å². The van der Waals surface area contributed by atoms with E-state index in [1.807, 2.05) is 0 Å². The van der Waals surface area contributed by atoms with Crippen molar-refractivity contribution in [2.75, 3.05) is 0 Å². The van der Waals surface area contributed by atoms with Crippen molar-refractivity contribution >= 4 is 10.0 Å². The van der Waals surface area contributed by atoms with Gasteiger partial charge in [-0.15, -0.1) is 0 Å². The van der Waals surface area contributed by atoms with Gasteiger partial charge in [0.1, 0.15) is 23.1 Å². The number of sulfonamides is 1. The largest absolute Gasteiger partial charge is 0.457 e. The summed E-state index contributed by atoms with van der Waals surface area (Å²) >= 11 is 0. The van der Waals surface area contributed by atoms with Crippen LogP contribution >= 0.6 is 0 Å². The fourth-order valence-electron chi connectivity index (χ4n) is 2.64. The lowest BCUT2D eigenvalue weighted by molar-refractivity contribution is 0.463. The van der Waals surface area contributed by atoms with Gasteiger partial charge in [-0.25, -0.2) is 21.9 Å². The molecule has 0 aliphatic carbocycles. The summed E-state index contributed by atoms with van der Waals surface area (Å²) in [6, 6.07) is 5.41. The van der Waals surface area contributed by atoms with E-state index in [4.69, 9.17) is 4.74 Å². The highest BCUT2D eigenvalue weighted by molar-refractivity contribution is 7.89. The number of benzene rings is 2. The SMILES string of the molecule is Cc1c(Oc2cc(F)cc(F)c2)ccc2c1C(C)NS2(=O)=O. The quantitative estimate of drug-likeness (QED) is 0.920. The number of ether oxygens (including phenoxy) is 1. The molecule has 0 saturated heterocycles. The van der Waals surface area contributed by atoms with Crippen LogP contribution in [0.3, 0.4) is 0 Å². The zero-order valence-electron chi connectivity index (χ0n) is 11.9. The summed E-state index contributed by atoms with van der Waals surface area (Å²) in [6.07, 6.45) is 0. The molecule has 2 aromatic rings. The van der Waals surface area contributed by atoms with Gasteiger partial charge in [-0.1, -0.05) is 0 Å². The Hall–Kier alpha value is -1.99. The van der Waals surface area contributed by atoms with Gasteiger partial charge in [0.25, 0.3) is 0 Å². The van der Waals surface area contributed by atoms with Gasteiger partial charge in [-0.3, -0.25) is 0 Å². The van der Waals surface area contributed by atoms with Crippen molar-refractivity contribution in [3.05, 3.63) is 53.1 Å². The van der Waals surface area contributed by atoms with Gasteiger partial charge >= 0.3 is 0 Å². The van der Waals surface area contributed by atoms with Crippen LogP contribution in [0.4, 0.5) is 8.78 Å². The maximum atomic E-state index is 13.2. The zero-order valence-corrected chi connectivity index (χ0v) is 12.7. The fraction of sp³-hybridized carbons (Fsp3) is 0.200. The smallest absolute Gasteiger partial charge is 0.241 e. The molecule has 116 valence electrons. The summed E-state index contributed by atoms with van der Waals surface area (Å²) in [7, 11) is -3.51. The van der Waals surface area contributed by atoms with Gasteiger partial charge in [-0.2, -0.15) is 0 Å². The molecular formula is C15H13F2NO3S. The predicted molar refractivity (Wildman–Crippen MR) is 76.3 cm³/mol. The predicted octanol–water partition coefficient (Wildman–Crippen LogP) is 3.42. The van der Waals surface area contributed by atoms with Crippen LogP contribution in [0.25, 0.3) is 0 Å². The van der Waals surface area contributed by atoms with Crippen LogP contribution in [-0.4, -0.2) is 8.42 Å². The molecule has 0 fully saturated rings. The topological polar surface area (TPSA) is 55.4 Å². The second-order valence-corrected chi connectivity index (χ2v) is 6.83. The normalized spacial score (nSPS) is 19.0. The summed E-state index contributed by atoms with van der Waals surface area (Å²) in [5.41, 5.74) is 1.22. The monoisotopic (exact) mass is 325 g/mol. The molecular weight excluding hydrogens is 312 g/mol. The molecule has 0 radical (unpaired) electrons. The minimum Gasteiger partial charge on any atom is -0.457 e. The van der Waals surface area contributed by atoms with Crippen molar-refractivity contribution in [1.82, 2.24) is 4.72 Å². The van der Waals surface area contributed by atoms with E-state index in [0.29, 0.717) is 16.9 Å². The average molecular weight is 325 g/mol. The van der Waals surface area contributed by atoms with Gasteiger partial charge in [0, 0.05) is 24.2 Å². The molecule has 1 aliphatic heterocycles. The zero-order chi connectivity index (χ0) is 16.1. The van der Waals surface area contributed by atoms with E-state index in [1.165, 1.54) is 12.1 Å². The third-order valence-corrected chi connectivity index (χ3v) is 5.14. The maximum absolute atomic E-state index is 13.2. The maximum Gasteiger partial charge on any atom is 0.241 e. The van der Waals surface area contributed by atoms with Crippen LogP contribution in [0.15, 0.2) is 35.2 Å². The second kappa shape index (κ2) is 5.03. The lowest BCUT2D eigenvalue weighted by atomic mass is 10.0. The highest BCUT2D eigenvalue weighted by Crippen LogP contribution is 2.38. The van der Waals surface area contributed by atoms with Gasteiger partial charge in [0.2, 0.25) is 10.0 Å². The van der Waals surface area contributed by atoms with Crippen LogP contribution in [0.2, 0.25) is 0 Å². The first-order valence-electron chi connectivity index (χ1n) is 6.58. The van der Waals surface area contributed by atoms with Crippen LogP contribution in [-0.2, 0) is 10.0 Å². The Morgan fingerprint density at radius 3 is 2.41 bits per heavy atom. The molecule has 0 spiro atoms.